The van der Waals surface area contributed by atoms with Crippen LogP contribution < -0.4 is 5.32 Å². The van der Waals surface area contributed by atoms with Gasteiger partial charge in [-0.05, 0) is 37.8 Å². The molecule has 7 heteroatoms. The number of carbonyl (C=O) groups excluding carboxylic acids is 1. The lowest BCUT2D eigenvalue weighted by Gasteiger charge is -2.07. The van der Waals surface area contributed by atoms with Gasteiger partial charge in [0, 0.05) is 19.0 Å². The average Bonchev–Trinajstić information content (AvgIpc) is 2.63. The van der Waals surface area contributed by atoms with Gasteiger partial charge in [-0.1, -0.05) is 29.8 Å². The van der Waals surface area contributed by atoms with Crippen molar-refractivity contribution in [2.45, 2.75) is 32.6 Å². The van der Waals surface area contributed by atoms with Crippen LogP contribution in [0.15, 0.2) is 42.6 Å². The van der Waals surface area contributed by atoms with Gasteiger partial charge in [-0.2, -0.15) is 0 Å². The zero-order chi connectivity index (χ0) is 18.8. The molecule has 0 saturated carbocycles. The van der Waals surface area contributed by atoms with Gasteiger partial charge in [0.05, 0.1) is 11.5 Å². The van der Waals surface area contributed by atoms with E-state index in [1.165, 1.54) is 23.4 Å². The maximum Gasteiger partial charge on any atom is 0.305 e. The molecule has 0 bridgehead atoms. The van der Waals surface area contributed by atoms with Gasteiger partial charge in [0.25, 0.3) is 5.69 Å². The fraction of sp³-hybridized carbons (Fsp3) is 0.368. The maximum absolute atomic E-state index is 11.7. The van der Waals surface area contributed by atoms with Crippen LogP contribution in [0.3, 0.4) is 0 Å². The van der Waals surface area contributed by atoms with Crippen molar-refractivity contribution in [1.29, 1.82) is 0 Å². The van der Waals surface area contributed by atoms with E-state index in [-0.39, 0.29) is 11.7 Å². The molecular weight excluding hydrogens is 334 g/mol. The van der Waals surface area contributed by atoms with E-state index in [1.807, 2.05) is 6.92 Å². The smallest absolute Gasteiger partial charge is 0.305 e. The molecule has 2 rings (SSSR count). The van der Waals surface area contributed by atoms with Gasteiger partial charge in [-0.3, -0.25) is 14.9 Å². The third-order valence-electron chi connectivity index (χ3n) is 3.82. The number of nitrogens with zero attached hydrogens (tertiary/aromatic N) is 2. The second-order valence-electron chi connectivity index (χ2n) is 6.00. The Labute approximate surface area is 152 Å². The summed E-state index contributed by atoms with van der Waals surface area (Å²) in [4.78, 5) is 25.7. The summed E-state index contributed by atoms with van der Waals surface area (Å²) in [7, 11) is 0. The van der Waals surface area contributed by atoms with Gasteiger partial charge >= 0.3 is 5.97 Å². The van der Waals surface area contributed by atoms with E-state index in [0.717, 1.165) is 12.8 Å². The second kappa shape index (κ2) is 10.1. The van der Waals surface area contributed by atoms with Gasteiger partial charge in [-0.15, -0.1) is 0 Å². The topological polar surface area (TPSA) is 94.4 Å². The van der Waals surface area contributed by atoms with Crippen LogP contribution in [0.5, 0.6) is 0 Å². The van der Waals surface area contributed by atoms with Crippen molar-refractivity contribution in [2.75, 3.05) is 18.5 Å². The molecule has 138 valence electrons. The third-order valence-corrected chi connectivity index (χ3v) is 3.82. The Bertz CT molecular complexity index is 715. The number of nitro groups is 1. The Kier molecular flexibility index (Phi) is 7.54. The maximum atomic E-state index is 11.7. The molecular formula is C19H23N3O4. The van der Waals surface area contributed by atoms with Crippen LogP contribution in [0, 0.1) is 17.0 Å². The van der Waals surface area contributed by atoms with Crippen LogP contribution in [0.2, 0.25) is 0 Å². The number of hydrogen-bond acceptors (Lipinski definition) is 6. The van der Waals surface area contributed by atoms with Crippen LogP contribution in [0.1, 0.15) is 30.4 Å². The largest absolute Gasteiger partial charge is 0.466 e. The zero-order valence-corrected chi connectivity index (χ0v) is 14.8. The summed E-state index contributed by atoms with van der Waals surface area (Å²) in [5.74, 6) is 0.366. The lowest BCUT2D eigenvalue weighted by Crippen LogP contribution is -2.10. The standard InChI is InChI=1S/C19H23N3O4/c1-15-6-8-16(9-7-15)4-2-5-19(23)26-13-3-12-20-18-11-10-17(14-21-18)22(24)25/h6-11,14H,2-5,12-13H2,1H3,(H,20,21). The van der Waals surface area contributed by atoms with Gasteiger partial charge in [0.1, 0.15) is 12.0 Å². The molecule has 1 aromatic heterocycles. The highest BCUT2D eigenvalue weighted by Crippen LogP contribution is 2.11. The van der Waals surface area contributed by atoms with E-state index < -0.39 is 4.92 Å². The molecule has 1 aromatic carbocycles. The van der Waals surface area contributed by atoms with Crippen molar-refractivity contribution in [3.63, 3.8) is 0 Å². The lowest BCUT2D eigenvalue weighted by atomic mass is 10.1. The first-order valence-corrected chi connectivity index (χ1v) is 8.60. The highest BCUT2D eigenvalue weighted by molar-refractivity contribution is 5.69. The molecule has 0 aliphatic rings. The van der Waals surface area contributed by atoms with Gasteiger partial charge in [0.2, 0.25) is 0 Å². The van der Waals surface area contributed by atoms with E-state index in [2.05, 4.69) is 34.6 Å². The lowest BCUT2D eigenvalue weighted by molar-refractivity contribution is -0.385. The minimum Gasteiger partial charge on any atom is -0.466 e. The number of aryl methyl sites for hydroxylation is 2. The molecule has 1 N–H and O–H groups in total. The van der Waals surface area contributed by atoms with Crippen molar-refractivity contribution >= 4 is 17.5 Å². The Hall–Kier alpha value is -2.96. The predicted octanol–water partition coefficient (Wildman–Crippen LogP) is 3.67. The van der Waals surface area contributed by atoms with Crippen molar-refractivity contribution in [1.82, 2.24) is 4.98 Å². The number of hydrogen-bond donors (Lipinski definition) is 1. The molecule has 0 radical (unpaired) electrons. The Morgan fingerprint density at radius 2 is 1.96 bits per heavy atom. The number of benzene rings is 1. The first-order valence-electron chi connectivity index (χ1n) is 8.60. The number of esters is 1. The molecule has 7 nitrogen and oxygen atoms in total. The number of ether oxygens (including phenoxy) is 1. The van der Waals surface area contributed by atoms with Crippen molar-refractivity contribution in [3.05, 3.63) is 63.8 Å². The number of carbonyl (C=O) groups is 1. The predicted molar refractivity (Wildman–Crippen MR) is 99.1 cm³/mol. The summed E-state index contributed by atoms with van der Waals surface area (Å²) < 4.78 is 5.20. The monoisotopic (exact) mass is 357 g/mol. The van der Waals surface area contributed by atoms with Crippen LogP contribution in [0.25, 0.3) is 0 Å². The summed E-state index contributed by atoms with van der Waals surface area (Å²) in [6.45, 7) is 2.96. The Balaban J connectivity index is 1.54. The molecule has 0 aliphatic heterocycles. The molecule has 0 fully saturated rings. The van der Waals surface area contributed by atoms with Gasteiger partial charge in [0.15, 0.2) is 0 Å². The van der Waals surface area contributed by atoms with Crippen molar-refractivity contribution < 1.29 is 14.5 Å². The zero-order valence-electron chi connectivity index (χ0n) is 14.8. The van der Waals surface area contributed by atoms with Crippen LogP contribution >= 0.6 is 0 Å². The van der Waals surface area contributed by atoms with Gasteiger partial charge < -0.3 is 10.1 Å². The molecule has 0 saturated heterocycles. The highest BCUT2D eigenvalue weighted by Gasteiger charge is 2.05. The number of nitrogens with one attached hydrogen (secondary N) is 1. The first kappa shape index (κ1) is 19.4. The van der Waals surface area contributed by atoms with Crippen molar-refractivity contribution in [3.8, 4) is 0 Å². The molecule has 2 aromatic rings. The normalized spacial score (nSPS) is 10.3. The molecule has 1 heterocycles. The molecule has 0 atom stereocenters. The van der Waals surface area contributed by atoms with E-state index in [4.69, 9.17) is 4.74 Å². The number of pyridine rings is 1. The van der Waals surface area contributed by atoms with Crippen LogP contribution in [-0.2, 0) is 16.0 Å². The van der Waals surface area contributed by atoms with E-state index >= 15 is 0 Å². The Morgan fingerprint density at radius 1 is 1.19 bits per heavy atom. The van der Waals surface area contributed by atoms with Crippen LogP contribution in [-0.4, -0.2) is 29.0 Å². The minimum atomic E-state index is -0.491. The fourth-order valence-electron chi connectivity index (χ4n) is 2.34. The fourth-order valence-corrected chi connectivity index (χ4v) is 2.34. The summed E-state index contributed by atoms with van der Waals surface area (Å²) >= 11 is 0. The van der Waals surface area contributed by atoms with E-state index in [0.29, 0.717) is 31.8 Å². The molecule has 0 spiro atoms. The van der Waals surface area contributed by atoms with E-state index in [1.54, 1.807) is 6.07 Å². The van der Waals surface area contributed by atoms with E-state index in [9.17, 15) is 14.9 Å². The summed E-state index contributed by atoms with van der Waals surface area (Å²) in [5.41, 5.74) is 2.41. The minimum absolute atomic E-state index is 0.0462. The summed E-state index contributed by atoms with van der Waals surface area (Å²) in [5, 5.41) is 13.6. The SMILES string of the molecule is Cc1ccc(CCCC(=O)OCCCNc2ccc([N+](=O)[O-])cn2)cc1. The highest BCUT2D eigenvalue weighted by atomic mass is 16.6. The summed E-state index contributed by atoms with van der Waals surface area (Å²) in [6.07, 6.45) is 3.89. The first-order chi connectivity index (χ1) is 12.5. The average molecular weight is 357 g/mol. The molecule has 0 amide bonds. The van der Waals surface area contributed by atoms with Crippen molar-refractivity contribution in [2.24, 2.45) is 0 Å². The van der Waals surface area contributed by atoms with Gasteiger partial charge in [-0.25, -0.2) is 4.98 Å². The Morgan fingerprint density at radius 3 is 2.62 bits per heavy atom. The molecule has 0 aliphatic carbocycles. The number of rotatable bonds is 10. The molecule has 26 heavy (non-hydrogen) atoms. The quantitative estimate of drug-likeness (QED) is 0.302. The number of aromatic nitrogens is 1. The van der Waals surface area contributed by atoms with Crippen LogP contribution in [0.4, 0.5) is 11.5 Å². The molecule has 0 unspecified atom stereocenters. The summed E-state index contributed by atoms with van der Waals surface area (Å²) in [6, 6.07) is 11.2. The third kappa shape index (κ3) is 6.88. The second-order valence-corrected chi connectivity index (χ2v) is 6.00. The number of anilines is 1.